The van der Waals surface area contributed by atoms with Gasteiger partial charge in [-0.25, -0.2) is 9.71 Å². The third-order valence-corrected chi connectivity index (χ3v) is 6.16. The molecule has 1 unspecified atom stereocenters. The molecule has 1 aliphatic rings. The van der Waals surface area contributed by atoms with Crippen molar-refractivity contribution in [1.82, 2.24) is 24.9 Å². The van der Waals surface area contributed by atoms with Gasteiger partial charge in [0.15, 0.2) is 11.6 Å². The summed E-state index contributed by atoms with van der Waals surface area (Å²) in [6.45, 7) is 3.13. The number of morpholine rings is 1. The summed E-state index contributed by atoms with van der Waals surface area (Å²) in [5.74, 6) is 1.65. The molecule has 35 heavy (non-hydrogen) atoms. The number of rotatable bonds is 8. The zero-order chi connectivity index (χ0) is 24.2. The molecule has 0 saturated carbocycles. The highest BCUT2D eigenvalue weighted by atomic mass is 35.5. The number of aromatic nitrogens is 4. The number of anilines is 5. The Balaban J connectivity index is 1.34. The number of aromatic amines is 1. The van der Waals surface area contributed by atoms with Gasteiger partial charge in [-0.05, 0) is 29.8 Å². The number of benzene rings is 2. The first-order valence-corrected chi connectivity index (χ1v) is 12.3. The number of hydrogen-bond donors (Lipinski definition) is 4. The van der Waals surface area contributed by atoms with Gasteiger partial charge < -0.3 is 24.8 Å². The zero-order valence-corrected chi connectivity index (χ0v) is 20.0. The highest BCUT2D eigenvalue weighted by Gasteiger charge is 2.17. The number of halogens is 1. The number of fused-ring (bicyclic) bond motifs is 1. The molecule has 11 nitrogen and oxygen atoms in total. The summed E-state index contributed by atoms with van der Waals surface area (Å²) in [5, 5.41) is 15.3. The van der Waals surface area contributed by atoms with E-state index in [1.165, 1.54) is 6.20 Å². The molecule has 3 heterocycles. The Bertz CT molecular complexity index is 1360. The molecule has 0 bridgehead atoms. The number of nitrogens with one attached hydrogen (secondary N) is 4. The minimum absolute atomic E-state index is 0.129. The largest absolute Gasteiger partial charge is 0.760 e. The molecule has 1 fully saturated rings. The van der Waals surface area contributed by atoms with Crippen molar-refractivity contribution in [2.45, 2.75) is 6.54 Å². The van der Waals surface area contributed by atoms with Gasteiger partial charge in [-0.2, -0.15) is 10.1 Å². The van der Waals surface area contributed by atoms with Crippen LogP contribution >= 0.6 is 11.6 Å². The van der Waals surface area contributed by atoms with Crippen LogP contribution in [-0.4, -0.2) is 55.2 Å². The maximum Gasteiger partial charge on any atom is 0.229 e. The zero-order valence-electron chi connectivity index (χ0n) is 18.5. The van der Waals surface area contributed by atoms with Crippen molar-refractivity contribution in [3.63, 3.8) is 0 Å². The maximum absolute atomic E-state index is 10.9. The smallest absolute Gasteiger partial charge is 0.229 e. The summed E-state index contributed by atoms with van der Waals surface area (Å²) in [4.78, 5) is 11.0. The molecule has 0 spiro atoms. The van der Waals surface area contributed by atoms with Crippen molar-refractivity contribution in [2.24, 2.45) is 0 Å². The van der Waals surface area contributed by atoms with Gasteiger partial charge in [0.1, 0.15) is 5.02 Å². The lowest BCUT2D eigenvalue weighted by Crippen LogP contribution is -2.36. The van der Waals surface area contributed by atoms with Crippen LogP contribution in [0.5, 0.6) is 0 Å². The minimum atomic E-state index is -2.37. The fraction of sp³-hybridized carbons (Fsp3) is 0.227. The van der Waals surface area contributed by atoms with E-state index >= 15 is 0 Å². The molecule has 4 N–H and O–H groups in total. The predicted molar refractivity (Wildman–Crippen MR) is 135 cm³/mol. The average Bonchev–Trinajstić information content (AvgIpc) is 3.29. The van der Waals surface area contributed by atoms with Crippen molar-refractivity contribution in [2.75, 3.05) is 41.8 Å². The normalized spacial score (nSPS) is 14.7. The molecule has 13 heteroatoms. The standard InChI is InChI=1S/C22H23ClN8O3S/c23-17-13-24-22(28-20(17)27-18-4-2-1-3-14(18)12-25-35(32)33)26-15-5-6-16-19(11-15)29-30-21(16)31-7-9-34-10-8-31/h1-6,11,13,25H,7-10,12H2,(H,29,30)(H,32,33)(H2,24,26,27,28)/p-1. The van der Waals surface area contributed by atoms with Gasteiger partial charge in [-0.1, -0.05) is 29.8 Å². The molecular formula is C22H22ClN8O3S-. The van der Waals surface area contributed by atoms with Gasteiger partial charge in [-0.15, -0.1) is 0 Å². The van der Waals surface area contributed by atoms with E-state index in [0.29, 0.717) is 35.7 Å². The molecule has 0 radical (unpaired) electrons. The molecule has 1 saturated heterocycles. The highest BCUT2D eigenvalue weighted by molar-refractivity contribution is 7.77. The SMILES string of the molecule is O=S([O-])NCc1ccccc1Nc1nc(Nc2ccc3c(N4CCOCC4)n[nH]c3c2)ncc1Cl. The molecule has 4 aromatic rings. The van der Waals surface area contributed by atoms with Crippen molar-refractivity contribution in [3.8, 4) is 0 Å². The van der Waals surface area contributed by atoms with Gasteiger partial charge in [-0.3, -0.25) is 9.31 Å². The van der Waals surface area contributed by atoms with Crippen LogP contribution in [0.15, 0.2) is 48.7 Å². The van der Waals surface area contributed by atoms with E-state index in [-0.39, 0.29) is 6.54 Å². The van der Waals surface area contributed by atoms with E-state index in [4.69, 9.17) is 16.3 Å². The lowest BCUT2D eigenvalue weighted by atomic mass is 10.2. The first-order valence-electron chi connectivity index (χ1n) is 10.8. The highest BCUT2D eigenvalue weighted by Crippen LogP contribution is 2.29. The van der Waals surface area contributed by atoms with E-state index in [0.717, 1.165) is 41.1 Å². The molecule has 2 aromatic heterocycles. The lowest BCUT2D eigenvalue weighted by Gasteiger charge is -2.26. The van der Waals surface area contributed by atoms with Gasteiger partial charge in [0.05, 0.1) is 24.9 Å². The second-order valence-electron chi connectivity index (χ2n) is 7.76. The van der Waals surface area contributed by atoms with Crippen LogP contribution in [0, 0.1) is 0 Å². The molecular weight excluding hydrogens is 492 g/mol. The molecule has 0 aliphatic carbocycles. The quantitative estimate of drug-likeness (QED) is 0.261. The predicted octanol–water partition coefficient (Wildman–Crippen LogP) is 3.21. The fourth-order valence-corrected chi connectivity index (χ4v) is 4.22. The topological polar surface area (TPSA) is 143 Å². The van der Waals surface area contributed by atoms with E-state index < -0.39 is 11.3 Å². The number of nitrogens with zero attached hydrogens (tertiary/aromatic N) is 4. The van der Waals surface area contributed by atoms with Crippen LogP contribution in [0.1, 0.15) is 5.56 Å². The second-order valence-corrected chi connectivity index (χ2v) is 8.93. The summed E-state index contributed by atoms with van der Waals surface area (Å²) in [6.07, 6.45) is 1.50. The van der Waals surface area contributed by atoms with E-state index in [2.05, 4.69) is 40.4 Å². The Labute approximate surface area is 208 Å². The molecule has 1 aliphatic heterocycles. The molecule has 182 valence electrons. The number of hydrogen-bond acceptors (Lipinski definition) is 9. The second kappa shape index (κ2) is 10.5. The lowest BCUT2D eigenvalue weighted by molar-refractivity contribution is 0.122. The van der Waals surface area contributed by atoms with E-state index in [9.17, 15) is 8.76 Å². The minimum Gasteiger partial charge on any atom is -0.760 e. The van der Waals surface area contributed by atoms with Crippen molar-refractivity contribution >= 4 is 62.7 Å². The van der Waals surface area contributed by atoms with Crippen LogP contribution in [0.2, 0.25) is 5.02 Å². The van der Waals surface area contributed by atoms with Crippen molar-refractivity contribution in [1.29, 1.82) is 0 Å². The van der Waals surface area contributed by atoms with E-state index in [1.54, 1.807) is 6.07 Å². The van der Waals surface area contributed by atoms with Gasteiger partial charge in [0.25, 0.3) is 0 Å². The van der Waals surface area contributed by atoms with Crippen LogP contribution in [0.3, 0.4) is 0 Å². The Morgan fingerprint density at radius 2 is 2.00 bits per heavy atom. The Hall–Kier alpha value is -3.29. The van der Waals surface area contributed by atoms with Crippen LogP contribution in [0.25, 0.3) is 10.9 Å². The molecule has 1 atom stereocenters. The Kier molecular flexibility index (Phi) is 7.06. The Morgan fingerprint density at radius 3 is 2.83 bits per heavy atom. The van der Waals surface area contributed by atoms with Gasteiger partial charge >= 0.3 is 0 Å². The third kappa shape index (κ3) is 5.52. The first-order chi connectivity index (χ1) is 17.1. The molecule has 2 aromatic carbocycles. The molecule has 0 amide bonds. The summed E-state index contributed by atoms with van der Waals surface area (Å²) in [6, 6.07) is 13.2. The summed E-state index contributed by atoms with van der Waals surface area (Å²) < 4.78 is 29.6. The summed E-state index contributed by atoms with van der Waals surface area (Å²) >= 11 is 3.96. The van der Waals surface area contributed by atoms with Crippen molar-refractivity contribution in [3.05, 3.63) is 59.2 Å². The average molecular weight is 514 g/mol. The van der Waals surface area contributed by atoms with E-state index in [1.807, 2.05) is 36.4 Å². The fourth-order valence-electron chi connectivity index (χ4n) is 3.80. The number of para-hydroxylation sites is 1. The van der Waals surface area contributed by atoms with Crippen LogP contribution < -0.4 is 20.3 Å². The number of ether oxygens (including phenoxy) is 1. The molecule has 5 rings (SSSR count). The van der Waals surface area contributed by atoms with Gasteiger partial charge in [0.2, 0.25) is 5.95 Å². The van der Waals surface area contributed by atoms with Crippen molar-refractivity contribution < 1.29 is 13.5 Å². The Morgan fingerprint density at radius 1 is 1.17 bits per heavy atom. The maximum atomic E-state index is 10.9. The summed E-state index contributed by atoms with van der Waals surface area (Å²) in [5.41, 5.74) is 3.08. The number of H-pyrrole nitrogens is 1. The third-order valence-electron chi connectivity index (χ3n) is 5.50. The first kappa shape index (κ1) is 23.5. The monoisotopic (exact) mass is 513 g/mol. The van der Waals surface area contributed by atoms with Gasteiger partial charge in [0, 0.05) is 47.7 Å². The van der Waals surface area contributed by atoms with Crippen LogP contribution in [-0.2, 0) is 22.5 Å². The summed E-state index contributed by atoms with van der Waals surface area (Å²) in [7, 11) is 0. The van der Waals surface area contributed by atoms with Crippen LogP contribution in [0.4, 0.5) is 29.0 Å².